The van der Waals surface area contributed by atoms with Gasteiger partial charge in [-0.05, 0) is 81.1 Å². The molecule has 4 aliphatic rings. The van der Waals surface area contributed by atoms with E-state index in [4.69, 9.17) is 0 Å². The lowest BCUT2D eigenvalue weighted by Crippen LogP contribution is -2.51. The second-order valence-corrected chi connectivity index (χ2v) is 11.3. The van der Waals surface area contributed by atoms with Crippen LogP contribution in [0.5, 0.6) is 0 Å². The Morgan fingerprint density at radius 2 is 1.79 bits per heavy atom. The maximum atomic E-state index is 12.9. The third-order valence-electron chi connectivity index (χ3n) is 7.83. The Morgan fingerprint density at radius 3 is 2.41 bits per heavy atom. The van der Waals surface area contributed by atoms with Crippen LogP contribution in [0.2, 0.25) is 0 Å². The van der Waals surface area contributed by atoms with E-state index in [9.17, 15) is 9.59 Å². The van der Waals surface area contributed by atoms with E-state index in [0.717, 1.165) is 39.6 Å². The minimum absolute atomic E-state index is 0.0822. The predicted molar refractivity (Wildman–Crippen MR) is 116 cm³/mol. The van der Waals surface area contributed by atoms with Gasteiger partial charge in [0.05, 0.1) is 5.39 Å². The van der Waals surface area contributed by atoms with Gasteiger partial charge in [-0.15, -0.1) is 11.3 Å². The molecular weight excluding hydrogens is 382 g/mol. The second kappa shape index (κ2) is 6.93. The molecule has 1 N–H and O–H groups in total. The van der Waals surface area contributed by atoms with Crippen LogP contribution in [-0.2, 0) is 11.2 Å². The first-order chi connectivity index (χ1) is 13.8. The van der Waals surface area contributed by atoms with E-state index in [2.05, 4.69) is 9.97 Å². The van der Waals surface area contributed by atoms with Gasteiger partial charge in [0, 0.05) is 31.3 Å². The molecule has 2 aromatic heterocycles. The second-order valence-electron chi connectivity index (χ2n) is 10.1. The summed E-state index contributed by atoms with van der Waals surface area (Å²) in [6.45, 7) is 4.89. The van der Waals surface area contributed by atoms with Gasteiger partial charge in [0.2, 0.25) is 5.91 Å². The van der Waals surface area contributed by atoms with Crippen LogP contribution in [-0.4, -0.2) is 34.4 Å². The maximum absolute atomic E-state index is 12.9. The van der Waals surface area contributed by atoms with Crippen molar-refractivity contribution in [1.29, 1.82) is 0 Å². The first-order valence-electron chi connectivity index (χ1n) is 11.0. The number of thiophene rings is 1. The summed E-state index contributed by atoms with van der Waals surface area (Å²) >= 11 is 1.56. The first kappa shape index (κ1) is 19.3. The van der Waals surface area contributed by atoms with Crippen molar-refractivity contribution in [3.05, 3.63) is 26.6 Å². The van der Waals surface area contributed by atoms with Crippen molar-refractivity contribution in [3.8, 4) is 0 Å². The predicted octanol–water partition coefficient (Wildman–Crippen LogP) is 4.21. The number of amides is 1. The summed E-state index contributed by atoms with van der Waals surface area (Å²) in [6.07, 6.45) is 9.14. The average molecular weight is 414 g/mol. The molecule has 0 saturated heterocycles. The van der Waals surface area contributed by atoms with E-state index < -0.39 is 0 Å². The summed E-state index contributed by atoms with van der Waals surface area (Å²) in [5, 5.41) is 0.696. The number of H-pyrrole nitrogens is 1. The number of nitrogens with one attached hydrogen (secondary N) is 1. The normalized spacial score (nSPS) is 30.2. The van der Waals surface area contributed by atoms with Crippen molar-refractivity contribution in [1.82, 2.24) is 14.9 Å². The molecule has 2 heterocycles. The summed E-state index contributed by atoms with van der Waals surface area (Å²) in [6, 6.07) is 0. The van der Waals surface area contributed by atoms with Crippen molar-refractivity contribution in [3.63, 3.8) is 0 Å². The van der Waals surface area contributed by atoms with Crippen molar-refractivity contribution in [2.75, 3.05) is 13.6 Å². The Kier molecular flexibility index (Phi) is 4.61. The molecule has 0 radical (unpaired) electrons. The summed E-state index contributed by atoms with van der Waals surface area (Å²) in [4.78, 5) is 36.7. The lowest BCUT2D eigenvalue weighted by Gasteiger charge is -2.57. The highest BCUT2D eigenvalue weighted by atomic mass is 32.1. The summed E-state index contributed by atoms with van der Waals surface area (Å²) in [5.41, 5.74) is 1.30. The van der Waals surface area contributed by atoms with Gasteiger partial charge < -0.3 is 9.88 Å². The number of aromatic amines is 1. The van der Waals surface area contributed by atoms with Gasteiger partial charge in [-0.2, -0.15) is 0 Å². The molecule has 4 saturated carbocycles. The number of fused-ring (bicyclic) bond motifs is 1. The Labute approximate surface area is 175 Å². The van der Waals surface area contributed by atoms with Gasteiger partial charge in [-0.25, -0.2) is 4.98 Å². The zero-order valence-corrected chi connectivity index (χ0v) is 18.5. The molecule has 6 heteroatoms. The summed E-state index contributed by atoms with van der Waals surface area (Å²) < 4.78 is 0. The summed E-state index contributed by atoms with van der Waals surface area (Å²) in [5.74, 6) is 3.51. The molecular formula is C23H31N3O2S. The smallest absolute Gasteiger partial charge is 0.259 e. The fourth-order valence-corrected chi connectivity index (χ4v) is 7.96. The Bertz CT molecular complexity index is 986. The van der Waals surface area contributed by atoms with Crippen molar-refractivity contribution < 1.29 is 4.79 Å². The zero-order valence-electron chi connectivity index (χ0n) is 17.7. The lowest BCUT2D eigenvalue weighted by atomic mass is 9.49. The Hall–Kier alpha value is -1.69. The molecule has 6 rings (SSSR count). The molecule has 0 aromatic carbocycles. The first-order valence-corrected chi connectivity index (χ1v) is 11.9. The number of hydrogen-bond donors (Lipinski definition) is 1. The molecule has 2 aromatic rings. The van der Waals surface area contributed by atoms with E-state index in [1.54, 1.807) is 11.3 Å². The Balaban J connectivity index is 1.24. The van der Waals surface area contributed by atoms with Gasteiger partial charge in [-0.1, -0.05) is 0 Å². The standard InChI is InChI=1S/C23H31N3O2S/c1-13-14(2)29-22-20(13)21(28)24-18(25-22)4-5-19(27)26(3)12-23-9-15-6-16(10-23)8-17(7-15)11-23/h15-17H,4-12H2,1-3H3,(H,24,25,28). The fraction of sp³-hybridized carbons (Fsp3) is 0.696. The number of carbonyl (C=O) groups is 1. The number of aromatic nitrogens is 2. The van der Waals surface area contributed by atoms with Crippen molar-refractivity contribution in [2.45, 2.75) is 65.2 Å². The number of hydrogen-bond acceptors (Lipinski definition) is 4. The zero-order chi connectivity index (χ0) is 20.3. The number of nitrogens with zero attached hydrogens (tertiary/aromatic N) is 2. The molecule has 1 amide bonds. The molecule has 156 valence electrons. The Morgan fingerprint density at radius 1 is 1.17 bits per heavy atom. The van der Waals surface area contributed by atoms with E-state index in [1.165, 1.54) is 38.5 Å². The highest BCUT2D eigenvalue weighted by molar-refractivity contribution is 7.18. The van der Waals surface area contributed by atoms with E-state index in [1.807, 2.05) is 25.8 Å². The molecule has 0 spiro atoms. The van der Waals surface area contributed by atoms with E-state index in [0.29, 0.717) is 29.5 Å². The van der Waals surface area contributed by atoms with E-state index >= 15 is 0 Å². The van der Waals surface area contributed by atoms with Crippen LogP contribution in [0.4, 0.5) is 0 Å². The minimum atomic E-state index is -0.0822. The largest absolute Gasteiger partial charge is 0.345 e. The number of aryl methyl sites for hydroxylation is 3. The van der Waals surface area contributed by atoms with Crippen molar-refractivity contribution in [2.24, 2.45) is 23.2 Å². The molecule has 4 fully saturated rings. The number of carbonyl (C=O) groups excluding carboxylic acids is 1. The topological polar surface area (TPSA) is 66.1 Å². The van der Waals surface area contributed by atoms with Crippen LogP contribution in [0.25, 0.3) is 10.2 Å². The van der Waals surface area contributed by atoms with Crippen molar-refractivity contribution >= 4 is 27.5 Å². The van der Waals surface area contributed by atoms with Gasteiger partial charge >= 0.3 is 0 Å². The molecule has 0 unspecified atom stereocenters. The van der Waals surface area contributed by atoms with E-state index in [-0.39, 0.29) is 11.5 Å². The lowest BCUT2D eigenvalue weighted by molar-refractivity contribution is -0.135. The number of rotatable bonds is 5. The fourth-order valence-electron chi connectivity index (χ4n) is 6.91. The quantitative estimate of drug-likeness (QED) is 0.798. The summed E-state index contributed by atoms with van der Waals surface area (Å²) in [7, 11) is 1.96. The van der Waals surface area contributed by atoms with Gasteiger partial charge in [0.1, 0.15) is 10.7 Å². The minimum Gasteiger partial charge on any atom is -0.345 e. The molecule has 0 aliphatic heterocycles. The van der Waals surface area contributed by atoms with Gasteiger partial charge in [-0.3, -0.25) is 9.59 Å². The highest BCUT2D eigenvalue weighted by Crippen LogP contribution is 2.60. The SMILES string of the molecule is Cc1sc2nc(CCC(=O)N(C)CC34CC5CC(CC(C5)C3)C4)[nH]c(=O)c2c1C. The maximum Gasteiger partial charge on any atom is 0.259 e. The van der Waals surface area contributed by atoms with Crippen LogP contribution in [0.15, 0.2) is 4.79 Å². The third kappa shape index (κ3) is 3.43. The molecule has 4 aliphatic carbocycles. The molecule has 5 nitrogen and oxygen atoms in total. The molecule has 0 atom stereocenters. The monoisotopic (exact) mass is 413 g/mol. The van der Waals surface area contributed by atoms with Crippen LogP contribution in [0.1, 0.15) is 61.2 Å². The van der Waals surface area contributed by atoms with Crippen LogP contribution < -0.4 is 5.56 Å². The van der Waals surface area contributed by atoms with Gasteiger partial charge in [0.25, 0.3) is 5.56 Å². The van der Waals surface area contributed by atoms with Crippen LogP contribution in [0, 0.1) is 37.0 Å². The molecule has 29 heavy (non-hydrogen) atoms. The van der Waals surface area contributed by atoms with Crippen LogP contribution in [0.3, 0.4) is 0 Å². The van der Waals surface area contributed by atoms with Crippen LogP contribution >= 0.6 is 11.3 Å². The molecule has 4 bridgehead atoms. The average Bonchev–Trinajstić information content (AvgIpc) is 2.92. The van der Waals surface area contributed by atoms with Gasteiger partial charge in [0.15, 0.2) is 0 Å². The highest BCUT2D eigenvalue weighted by Gasteiger charge is 2.51. The third-order valence-corrected chi connectivity index (χ3v) is 8.93.